The molecule has 2 heterocycles. The lowest BCUT2D eigenvalue weighted by molar-refractivity contribution is -0.299. The monoisotopic (exact) mass is 164 g/mol. The molecule has 1 aromatic heterocycles. The van der Waals surface area contributed by atoms with Crippen LogP contribution in [0.4, 0.5) is 5.82 Å². The van der Waals surface area contributed by atoms with Gasteiger partial charge in [0, 0.05) is 17.8 Å². The summed E-state index contributed by atoms with van der Waals surface area (Å²) in [6.07, 6.45) is 3.03. The smallest absolute Gasteiger partial charge is 0.128 e. The van der Waals surface area contributed by atoms with E-state index in [1.54, 1.807) is 16.9 Å². The fourth-order valence-electron chi connectivity index (χ4n) is 1.07. The van der Waals surface area contributed by atoms with Gasteiger partial charge in [0.25, 0.3) is 0 Å². The third-order valence-corrected chi connectivity index (χ3v) is 1.69. The summed E-state index contributed by atoms with van der Waals surface area (Å²) in [7, 11) is 0. The zero-order valence-electron chi connectivity index (χ0n) is 6.15. The Morgan fingerprint density at radius 2 is 2.58 bits per heavy atom. The summed E-state index contributed by atoms with van der Waals surface area (Å²) < 4.78 is 1.56. The Hall–Kier alpha value is -1.78. The lowest BCUT2D eigenvalue weighted by Crippen LogP contribution is -2.29. The number of anilines is 1. The predicted molar refractivity (Wildman–Crippen MR) is 38.9 cm³/mol. The van der Waals surface area contributed by atoms with Crippen molar-refractivity contribution in [2.45, 2.75) is 6.54 Å². The van der Waals surface area contributed by atoms with Gasteiger partial charge >= 0.3 is 0 Å². The fraction of sp³-hybridized carbons (Fsp3) is 0.143. The lowest BCUT2D eigenvalue weighted by Gasteiger charge is -2.16. The highest BCUT2D eigenvalue weighted by molar-refractivity contribution is 5.85. The molecule has 0 unspecified atom stereocenters. The Morgan fingerprint density at radius 3 is 3.33 bits per heavy atom. The Labute approximate surface area is 68.3 Å². The topological polar surface area (TPSA) is 70.0 Å². The lowest BCUT2D eigenvalue weighted by atomic mass is 10.2. The maximum absolute atomic E-state index is 10.4. The highest BCUT2D eigenvalue weighted by Crippen LogP contribution is 2.13. The van der Waals surface area contributed by atoms with E-state index in [-0.39, 0.29) is 12.1 Å². The van der Waals surface area contributed by atoms with Crippen molar-refractivity contribution >= 4 is 11.8 Å². The zero-order chi connectivity index (χ0) is 8.55. The van der Waals surface area contributed by atoms with Gasteiger partial charge in [0.05, 0.1) is 18.7 Å². The van der Waals surface area contributed by atoms with Crippen LogP contribution in [0.25, 0.3) is 0 Å². The van der Waals surface area contributed by atoms with Crippen molar-refractivity contribution in [3.8, 4) is 0 Å². The van der Waals surface area contributed by atoms with Crippen LogP contribution in [0.3, 0.4) is 0 Å². The number of hydrogen-bond donors (Lipinski definition) is 1. The molecule has 1 N–H and O–H groups in total. The second-order valence-electron chi connectivity index (χ2n) is 2.48. The maximum atomic E-state index is 10.4. The fourth-order valence-corrected chi connectivity index (χ4v) is 1.07. The van der Waals surface area contributed by atoms with Gasteiger partial charge in [-0.1, -0.05) is 0 Å². The number of aromatic nitrogens is 2. The number of nitrogens with one attached hydrogen (secondary N) is 1. The first-order chi connectivity index (χ1) is 5.77. The van der Waals surface area contributed by atoms with E-state index >= 15 is 0 Å². The van der Waals surface area contributed by atoms with Crippen LogP contribution >= 0.6 is 0 Å². The molecule has 0 saturated carbocycles. The van der Waals surface area contributed by atoms with E-state index in [2.05, 4.69) is 10.4 Å². The maximum Gasteiger partial charge on any atom is 0.128 e. The molecule has 62 valence electrons. The first kappa shape index (κ1) is 6.90. The SMILES string of the molecule is O=C([O-])C1=CNc2ccnn2C1. The van der Waals surface area contributed by atoms with Crippen molar-refractivity contribution in [2.24, 2.45) is 0 Å². The summed E-state index contributed by atoms with van der Waals surface area (Å²) in [5, 5.41) is 17.1. The van der Waals surface area contributed by atoms with Gasteiger partial charge in [0.15, 0.2) is 0 Å². The van der Waals surface area contributed by atoms with Crippen molar-refractivity contribution in [3.05, 3.63) is 24.0 Å². The number of nitrogens with zero attached hydrogens (tertiary/aromatic N) is 2. The number of carboxylic acid groups (broad SMARTS) is 1. The van der Waals surface area contributed by atoms with Crippen LogP contribution in [-0.4, -0.2) is 15.7 Å². The summed E-state index contributed by atoms with van der Waals surface area (Å²) in [4.78, 5) is 10.4. The van der Waals surface area contributed by atoms with E-state index in [4.69, 9.17) is 0 Å². The van der Waals surface area contributed by atoms with Crippen LogP contribution in [0.2, 0.25) is 0 Å². The Balaban J connectivity index is 2.29. The second kappa shape index (κ2) is 2.37. The van der Waals surface area contributed by atoms with Gasteiger partial charge in [-0.25, -0.2) is 4.68 Å². The van der Waals surface area contributed by atoms with Crippen molar-refractivity contribution in [1.82, 2.24) is 9.78 Å². The predicted octanol–water partition coefficient (Wildman–Crippen LogP) is -1.06. The molecule has 5 heteroatoms. The molecule has 0 aromatic carbocycles. The summed E-state index contributed by atoms with van der Waals surface area (Å²) >= 11 is 0. The van der Waals surface area contributed by atoms with Gasteiger partial charge in [-0.15, -0.1) is 0 Å². The molecule has 0 radical (unpaired) electrons. The molecule has 5 nitrogen and oxygen atoms in total. The van der Waals surface area contributed by atoms with E-state index in [0.717, 1.165) is 5.82 Å². The van der Waals surface area contributed by atoms with Gasteiger partial charge in [-0.05, 0) is 0 Å². The molecule has 0 bridgehead atoms. The van der Waals surface area contributed by atoms with Gasteiger partial charge in [-0.3, -0.25) is 0 Å². The van der Waals surface area contributed by atoms with E-state index in [1.807, 2.05) is 0 Å². The van der Waals surface area contributed by atoms with E-state index < -0.39 is 5.97 Å². The average molecular weight is 164 g/mol. The van der Waals surface area contributed by atoms with Crippen molar-refractivity contribution in [3.63, 3.8) is 0 Å². The van der Waals surface area contributed by atoms with Crippen LogP contribution in [0, 0.1) is 0 Å². The highest BCUT2D eigenvalue weighted by Gasteiger charge is 2.09. The van der Waals surface area contributed by atoms with Gasteiger partial charge in [0.1, 0.15) is 5.82 Å². The molecule has 0 atom stereocenters. The third kappa shape index (κ3) is 0.952. The van der Waals surface area contributed by atoms with Crippen molar-refractivity contribution < 1.29 is 9.90 Å². The molecular formula is C7H6N3O2-. The third-order valence-electron chi connectivity index (χ3n) is 1.69. The molecule has 0 spiro atoms. The normalized spacial score (nSPS) is 14.5. The van der Waals surface area contributed by atoms with Crippen LogP contribution in [0.1, 0.15) is 0 Å². The number of fused-ring (bicyclic) bond motifs is 1. The molecular weight excluding hydrogens is 158 g/mol. The first-order valence-electron chi connectivity index (χ1n) is 3.46. The van der Waals surface area contributed by atoms with Gasteiger partial charge in [-0.2, -0.15) is 5.10 Å². The zero-order valence-corrected chi connectivity index (χ0v) is 6.15. The number of aliphatic carboxylic acids is 1. The first-order valence-corrected chi connectivity index (χ1v) is 3.46. The summed E-state index contributed by atoms with van der Waals surface area (Å²) in [5.41, 5.74) is 0.200. The van der Waals surface area contributed by atoms with Crippen molar-refractivity contribution in [2.75, 3.05) is 5.32 Å². The number of carbonyl (C=O) groups excluding carboxylic acids is 1. The molecule has 12 heavy (non-hydrogen) atoms. The largest absolute Gasteiger partial charge is 0.545 e. The Morgan fingerprint density at radius 1 is 1.75 bits per heavy atom. The van der Waals surface area contributed by atoms with Gasteiger partial charge < -0.3 is 15.2 Å². The molecule has 0 aliphatic carbocycles. The summed E-state index contributed by atoms with van der Waals surface area (Å²) in [6.45, 7) is 0.262. The van der Waals surface area contributed by atoms with Crippen molar-refractivity contribution in [1.29, 1.82) is 0 Å². The minimum atomic E-state index is -1.16. The molecule has 2 rings (SSSR count). The summed E-state index contributed by atoms with van der Waals surface area (Å²) in [5.74, 6) is -0.372. The second-order valence-corrected chi connectivity index (χ2v) is 2.48. The molecule has 1 aliphatic heterocycles. The van der Waals surface area contributed by atoms with Crippen LogP contribution in [0.15, 0.2) is 24.0 Å². The Kier molecular flexibility index (Phi) is 1.36. The van der Waals surface area contributed by atoms with E-state index in [9.17, 15) is 9.90 Å². The molecule has 1 aliphatic rings. The quantitative estimate of drug-likeness (QED) is 0.574. The van der Waals surface area contributed by atoms with Crippen LogP contribution in [0.5, 0.6) is 0 Å². The number of carbonyl (C=O) groups is 1. The Bertz CT molecular complexity index is 353. The highest BCUT2D eigenvalue weighted by atomic mass is 16.4. The molecule has 0 amide bonds. The minimum Gasteiger partial charge on any atom is -0.545 e. The van der Waals surface area contributed by atoms with Crippen LogP contribution in [-0.2, 0) is 11.3 Å². The summed E-state index contributed by atoms with van der Waals surface area (Å²) in [6, 6.07) is 1.77. The molecule has 1 aromatic rings. The van der Waals surface area contributed by atoms with Crippen LogP contribution < -0.4 is 10.4 Å². The van der Waals surface area contributed by atoms with E-state index in [0.29, 0.717) is 0 Å². The number of hydrogen-bond acceptors (Lipinski definition) is 4. The number of carboxylic acids is 1. The van der Waals surface area contributed by atoms with Gasteiger partial charge in [0.2, 0.25) is 0 Å². The minimum absolute atomic E-state index is 0.200. The average Bonchev–Trinajstić information content (AvgIpc) is 2.49. The molecule has 0 fully saturated rings. The van der Waals surface area contributed by atoms with E-state index in [1.165, 1.54) is 6.20 Å². The number of rotatable bonds is 1. The molecule has 0 saturated heterocycles. The standard InChI is InChI=1S/C7H7N3O2/c11-7(12)5-3-8-6-1-2-9-10(6)4-5/h1-3,8H,4H2,(H,11,12)/p-1.